The Kier molecular flexibility index (Phi) is 4.37. The number of rotatable bonds is 4. The number of hydrogen-bond donors (Lipinski definition) is 2. The van der Waals surface area contributed by atoms with Gasteiger partial charge in [0.2, 0.25) is 10.0 Å². The number of benzene rings is 1. The summed E-state index contributed by atoms with van der Waals surface area (Å²) in [6.07, 6.45) is 3.36. The van der Waals surface area contributed by atoms with Crippen LogP contribution in [0.25, 0.3) is 0 Å². The molecule has 1 aliphatic heterocycles. The average Bonchev–Trinajstić information content (AvgIpc) is 2.38. The highest BCUT2D eigenvalue weighted by Crippen LogP contribution is 2.13. The minimum Gasteiger partial charge on any atom is -0.310 e. The van der Waals surface area contributed by atoms with Crippen molar-refractivity contribution in [2.45, 2.75) is 43.2 Å². The SMILES string of the molecule is CC1CCCC(CNS(=O)(=O)c2ccccc2)N1. The normalized spacial score (nSPS) is 24.9. The van der Waals surface area contributed by atoms with Crippen molar-refractivity contribution >= 4 is 10.0 Å². The van der Waals surface area contributed by atoms with Gasteiger partial charge in [-0.05, 0) is 31.9 Å². The van der Waals surface area contributed by atoms with Crippen LogP contribution in [0.4, 0.5) is 0 Å². The Morgan fingerprint density at radius 1 is 1.28 bits per heavy atom. The molecule has 0 aliphatic carbocycles. The molecular weight excluding hydrogens is 248 g/mol. The Balaban J connectivity index is 1.93. The molecule has 2 rings (SSSR count). The smallest absolute Gasteiger partial charge is 0.240 e. The van der Waals surface area contributed by atoms with Crippen LogP contribution in [0.2, 0.25) is 0 Å². The molecule has 0 spiro atoms. The zero-order valence-electron chi connectivity index (χ0n) is 10.6. The minimum atomic E-state index is -3.37. The van der Waals surface area contributed by atoms with E-state index in [4.69, 9.17) is 0 Å². The van der Waals surface area contributed by atoms with Crippen LogP contribution in [0.3, 0.4) is 0 Å². The first-order valence-corrected chi connectivity index (χ1v) is 7.87. The van der Waals surface area contributed by atoms with Crippen LogP contribution in [0.15, 0.2) is 35.2 Å². The second-order valence-electron chi connectivity index (χ2n) is 4.86. The Morgan fingerprint density at radius 3 is 2.67 bits per heavy atom. The zero-order chi connectivity index (χ0) is 13.0. The van der Waals surface area contributed by atoms with E-state index in [2.05, 4.69) is 17.0 Å². The number of nitrogens with one attached hydrogen (secondary N) is 2. The van der Waals surface area contributed by atoms with Crippen molar-refractivity contribution in [3.63, 3.8) is 0 Å². The summed E-state index contributed by atoms with van der Waals surface area (Å²) in [5, 5.41) is 3.41. The lowest BCUT2D eigenvalue weighted by Crippen LogP contribution is -2.47. The monoisotopic (exact) mass is 268 g/mol. The summed E-state index contributed by atoms with van der Waals surface area (Å²) in [4.78, 5) is 0.328. The third-order valence-electron chi connectivity index (χ3n) is 3.28. The van der Waals surface area contributed by atoms with Crippen molar-refractivity contribution in [2.75, 3.05) is 6.54 Å². The highest BCUT2D eigenvalue weighted by atomic mass is 32.2. The highest BCUT2D eigenvalue weighted by molar-refractivity contribution is 7.89. The topological polar surface area (TPSA) is 58.2 Å². The van der Waals surface area contributed by atoms with Crippen molar-refractivity contribution < 1.29 is 8.42 Å². The number of hydrogen-bond acceptors (Lipinski definition) is 3. The largest absolute Gasteiger partial charge is 0.310 e. The molecule has 1 heterocycles. The second kappa shape index (κ2) is 5.82. The van der Waals surface area contributed by atoms with Crippen LogP contribution in [-0.4, -0.2) is 27.0 Å². The molecule has 5 heteroatoms. The Bertz CT molecular complexity index is 473. The first-order chi connectivity index (χ1) is 8.58. The average molecular weight is 268 g/mol. The summed E-state index contributed by atoms with van der Waals surface area (Å²) in [7, 11) is -3.37. The summed E-state index contributed by atoms with van der Waals surface area (Å²) in [5.74, 6) is 0. The lowest BCUT2D eigenvalue weighted by Gasteiger charge is -2.28. The number of sulfonamides is 1. The molecule has 0 radical (unpaired) electrons. The van der Waals surface area contributed by atoms with Crippen LogP contribution in [0, 0.1) is 0 Å². The van der Waals surface area contributed by atoms with E-state index in [-0.39, 0.29) is 6.04 Å². The zero-order valence-corrected chi connectivity index (χ0v) is 11.4. The van der Waals surface area contributed by atoms with Gasteiger partial charge in [-0.2, -0.15) is 0 Å². The summed E-state index contributed by atoms with van der Waals surface area (Å²) >= 11 is 0. The van der Waals surface area contributed by atoms with E-state index >= 15 is 0 Å². The molecule has 1 fully saturated rings. The van der Waals surface area contributed by atoms with Crippen LogP contribution in [0.1, 0.15) is 26.2 Å². The molecule has 18 heavy (non-hydrogen) atoms. The van der Waals surface area contributed by atoms with Gasteiger partial charge in [0.15, 0.2) is 0 Å². The van der Waals surface area contributed by atoms with E-state index in [1.54, 1.807) is 24.3 Å². The third-order valence-corrected chi connectivity index (χ3v) is 4.72. The summed E-state index contributed by atoms with van der Waals surface area (Å²) in [5.41, 5.74) is 0. The standard InChI is InChI=1S/C13H20N2O2S/c1-11-6-5-7-12(15-11)10-14-18(16,17)13-8-3-2-4-9-13/h2-4,8-9,11-12,14-15H,5-7,10H2,1H3. The molecule has 1 aromatic rings. The Hall–Kier alpha value is -0.910. The molecule has 0 bridgehead atoms. The van der Waals surface area contributed by atoms with Gasteiger partial charge in [0.1, 0.15) is 0 Å². The highest BCUT2D eigenvalue weighted by Gasteiger charge is 2.20. The van der Waals surface area contributed by atoms with E-state index in [9.17, 15) is 8.42 Å². The fraction of sp³-hybridized carbons (Fsp3) is 0.538. The molecular formula is C13H20N2O2S. The van der Waals surface area contributed by atoms with Gasteiger partial charge in [-0.1, -0.05) is 24.6 Å². The molecule has 2 unspecified atom stereocenters. The minimum absolute atomic E-state index is 0.243. The Labute approximate surface area is 109 Å². The predicted octanol–water partition coefficient (Wildman–Crippen LogP) is 1.50. The quantitative estimate of drug-likeness (QED) is 0.870. The maximum absolute atomic E-state index is 12.0. The van der Waals surface area contributed by atoms with E-state index < -0.39 is 10.0 Å². The van der Waals surface area contributed by atoms with Crippen molar-refractivity contribution in [3.05, 3.63) is 30.3 Å². The fourth-order valence-corrected chi connectivity index (χ4v) is 3.40. The molecule has 2 N–H and O–H groups in total. The molecule has 4 nitrogen and oxygen atoms in total. The van der Waals surface area contributed by atoms with Crippen LogP contribution in [0.5, 0.6) is 0 Å². The summed E-state index contributed by atoms with van der Waals surface area (Å²) in [6.45, 7) is 2.60. The summed E-state index contributed by atoms with van der Waals surface area (Å²) < 4.78 is 26.7. The Morgan fingerprint density at radius 2 is 2.00 bits per heavy atom. The van der Waals surface area contributed by atoms with Crippen molar-refractivity contribution in [2.24, 2.45) is 0 Å². The van der Waals surface area contributed by atoms with Crippen LogP contribution >= 0.6 is 0 Å². The first-order valence-electron chi connectivity index (χ1n) is 6.39. The first kappa shape index (κ1) is 13.5. The van der Waals surface area contributed by atoms with E-state index in [0.717, 1.165) is 12.8 Å². The molecule has 1 aliphatic rings. The molecule has 100 valence electrons. The summed E-state index contributed by atoms with van der Waals surface area (Å²) in [6, 6.07) is 9.21. The number of piperidine rings is 1. The maximum atomic E-state index is 12.0. The third kappa shape index (κ3) is 3.54. The molecule has 2 atom stereocenters. The van der Waals surface area contributed by atoms with Gasteiger partial charge in [0.25, 0.3) is 0 Å². The molecule has 0 aromatic heterocycles. The molecule has 1 aromatic carbocycles. The lowest BCUT2D eigenvalue weighted by molar-refractivity contribution is 0.334. The van der Waals surface area contributed by atoms with E-state index in [1.807, 2.05) is 6.07 Å². The lowest BCUT2D eigenvalue weighted by atomic mass is 10.00. The molecule has 1 saturated heterocycles. The van der Waals surface area contributed by atoms with Gasteiger partial charge in [-0.15, -0.1) is 0 Å². The van der Waals surface area contributed by atoms with E-state index in [0.29, 0.717) is 17.5 Å². The van der Waals surface area contributed by atoms with Crippen molar-refractivity contribution in [3.8, 4) is 0 Å². The molecule has 0 amide bonds. The predicted molar refractivity (Wildman–Crippen MR) is 71.9 cm³/mol. The van der Waals surface area contributed by atoms with Crippen LogP contribution in [-0.2, 0) is 10.0 Å². The van der Waals surface area contributed by atoms with Crippen LogP contribution < -0.4 is 10.0 Å². The maximum Gasteiger partial charge on any atom is 0.240 e. The van der Waals surface area contributed by atoms with Gasteiger partial charge in [0.05, 0.1) is 4.90 Å². The fourth-order valence-electron chi connectivity index (χ4n) is 2.29. The van der Waals surface area contributed by atoms with Crippen molar-refractivity contribution in [1.29, 1.82) is 0 Å². The van der Waals surface area contributed by atoms with Gasteiger partial charge in [0, 0.05) is 18.6 Å². The van der Waals surface area contributed by atoms with Gasteiger partial charge in [-0.3, -0.25) is 0 Å². The molecule has 0 saturated carbocycles. The van der Waals surface area contributed by atoms with Gasteiger partial charge in [-0.25, -0.2) is 13.1 Å². The van der Waals surface area contributed by atoms with Gasteiger partial charge < -0.3 is 5.32 Å². The second-order valence-corrected chi connectivity index (χ2v) is 6.63. The van der Waals surface area contributed by atoms with Gasteiger partial charge >= 0.3 is 0 Å². The van der Waals surface area contributed by atoms with E-state index in [1.165, 1.54) is 6.42 Å². The van der Waals surface area contributed by atoms with Crippen molar-refractivity contribution in [1.82, 2.24) is 10.0 Å².